The monoisotopic (exact) mass is 203 g/mol. The van der Waals surface area contributed by atoms with E-state index in [1.807, 2.05) is 0 Å². The van der Waals surface area contributed by atoms with Gasteiger partial charge in [-0.05, 0) is 6.92 Å². The molecule has 0 aliphatic rings. The quantitative estimate of drug-likeness (QED) is 0.714. The summed E-state index contributed by atoms with van der Waals surface area (Å²) in [7, 11) is -3.90. The molecular formula is C6H9N3O3S. The van der Waals surface area contributed by atoms with E-state index < -0.39 is 10.3 Å². The normalized spacial score (nSPS) is 11.5. The lowest BCUT2D eigenvalue weighted by molar-refractivity contribution is 0.303. The molecule has 72 valence electrons. The second kappa shape index (κ2) is 3.77. The van der Waals surface area contributed by atoms with Crippen LogP contribution in [0.1, 0.15) is 11.4 Å². The van der Waals surface area contributed by atoms with E-state index in [9.17, 15) is 8.42 Å². The lowest BCUT2D eigenvalue weighted by Gasteiger charge is -1.99. The van der Waals surface area contributed by atoms with Gasteiger partial charge in [0, 0.05) is 6.20 Å². The van der Waals surface area contributed by atoms with Crippen LogP contribution in [0.5, 0.6) is 0 Å². The first-order chi connectivity index (χ1) is 5.97. The predicted molar refractivity (Wildman–Crippen MR) is 44.7 cm³/mol. The SMILES string of the molecule is Cc1cnc(COS(N)(=O)=O)cn1. The van der Waals surface area contributed by atoms with Gasteiger partial charge >= 0.3 is 10.3 Å². The Morgan fingerprint density at radius 2 is 2.15 bits per heavy atom. The highest BCUT2D eigenvalue weighted by Crippen LogP contribution is 1.97. The molecule has 0 aliphatic heterocycles. The molecule has 1 aromatic heterocycles. The van der Waals surface area contributed by atoms with Crippen molar-refractivity contribution in [3.05, 3.63) is 23.8 Å². The molecule has 0 spiro atoms. The summed E-state index contributed by atoms with van der Waals surface area (Å²) in [5.41, 5.74) is 1.17. The fourth-order valence-corrected chi connectivity index (χ4v) is 0.921. The van der Waals surface area contributed by atoms with Crippen molar-refractivity contribution in [1.82, 2.24) is 9.97 Å². The topological polar surface area (TPSA) is 95.2 Å². The molecule has 0 fully saturated rings. The van der Waals surface area contributed by atoms with Gasteiger partial charge in [-0.25, -0.2) is 5.14 Å². The molecule has 0 unspecified atom stereocenters. The van der Waals surface area contributed by atoms with Crippen LogP contribution in [0.2, 0.25) is 0 Å². The Morgan fingerprint density at radius 3 is 2.62 bits per heavy atom. The number of nitrogens with two attached hydrogens (primary N) is 1. The van der Waals surface area contributed by atoms with Gasteiger partial charge < -0.3 is 0 Å². The summed E-state index contributed by atoms with van der Waals surface area (Å²) in [4.78, 5) is 7.78. The Hall–Kier alpha value is -1.05. The maximum absolute atomic E-state index is 10.4. The first kappa shape index (κ1) is 10.0. The minimum Gasteiger partial charge on any atom is -0.258 e. The number of nitrogens with zero attached hydrogens (tertiary/aromatic N) is 2. The molecule has 0 bridgehead atoms. The zero-order chi connectivity index (χ0) is 9.90. The number of aromatic nitrogens is 2. The lowest BCUT2D eigenvalue weighted by atomic mass is 10.4. The van der Waals surface area contributed by atoms with Crippen molar-refractivity contribution in [2.45, 2.75) is 13.5 Å². The summed E-state index contributed by atoms with van der Waals surface area (Å²) in [6.07, 6.45) is 2.95. The molecule has 0 radical (unpaired) electrons. The van der Waals surface area contributed by atoms with Gasteiger partial charge in [0.05, 0.1) is 17.6 Å². The van der Waals surface area contributed by atoms with Crippen molar-refractivity contribution in [3.63, 3.8) is 0 Å². The smallest absolute Gasteiger partial charge is 0.258 e. The van der Waals surface area contributed by atoms with Gasteiger partial charge in [0.25, 0.3) is 0 Å². The van der Waals surface area contributed by atoms with Crippen molar-refractivity contribution in [2.24, 2.45) is 5.14 Å². The molecule has 1 rings (SSSR count). The summed E-state index contributed by atoms with van der Waals surface area (Å²) < 4.78 is 25.1. The van der Waals surface area contributed by atoms with E-state index in [0.29, 0.717) is 5.69 Å². The van der Waals surface area contributed by atoms with Crippen LogP contribution in [0.3, 0.4) is 0 Å². The predicted octanol–water partition coefficient (Wildman–Crippen LogP) is -0.495. The van der Waals surface area contributed by atoms with Crippen LogP contribution in [-0.2, 0) is 21.1 Å². The Bertz CT molecular complexity index is 373. The van der Waals surface area contributed by atoms with Crippen molar-refractivity contribution >= 4 is 10.3 Å². The van der Waals surface area contributed by atoms with Gasteiger partial charge in [0.15, 0.2) is 0 Å². The van der Waals surface area contributed by atoms with Crippen molar-refractivity contribution in [1.29, 1.82) is 0 Å². The van der Waals surface area contributed by atoms with Crippen LogP contribution in [0, 0.1) is 6.92 Å². The highest BCUT2D eigenvalue weighted by Gasteiger charge is 2.03. The molecule has 0 aliphatic carbocycles. The first-order valence-corrected chi connectivity index (χ1v) is 4.89. The lowest BCUT2D eigenvalue weighted by Crippen LogP contribution is -2.16. The molecule has 7 heteroatoms. The first-order valence-electron chi connectivity index (χ1n) is 3.42. The summed E-state index contributed by atoms with van der Waals surface area (Å²) in [6.45, 7) is 1.59. The Morgan fingerprint density at radius 1 is 1.46 bits per heavy atom. The third-order valence-electron chi connectivity index (χ3n) is 1.21. The van der Waals surface area contributed by atoms with E-state index in [4.69, 9.17) is 0 Å². The molecular weight excluding hydrogens is 194 g/mol. The standard InChI is InChI=1S/C6H9N3O3S/c1-5-2-9-6(3-8-5)4-12-13(7,10)11/h2-3H,4H2,1H3,(H2,7,10,11). The molecule has 0 aromatic carbocycles. The van der Waals surface area contributed by atoms with Crippen molar-refractivity contribution in [2.75, 3.05) is 0 Å². The molecule has 0 atom stereocenters. The van der Waals surface area contributed by atoms with Gasteiger partial charge in [-0.15, -0.1) is 0 Å². The van der Waals surface area contributed by atoms with Gasteiger partial charge in [-0.1, -0.05) is 0 Å². The number of hydrogen-bond donors (Lipinski definition) is 1. The average Bonchev–Trinajstić information content (AvgIpc) is 2.02. The van der Waals surface area contributed by atoms with Gasteiger partial charge in [-0.3, -0.25) is 14.2 Å². The van der Waals surface area contributed by atoms with Crippen LogP contribution >= 0.6 is 0 Å². The summed E-state index contributed by atoms with van der Waals surface area (Å²) in [5, 5.41) is 4.62. The number of hydrogen-bond acceptors (Lipinski definition) is 5. The third kappa shape index (κ3) is 3.92. The molecule has 0 amide bonds. The summed E-state index contributed by atoms with van der Waals surface area (Å²) in [6, 6.07) is 0. The van der Waals surface area contributed by atoms with Crippen molar-refractivity contribution in [3.8, 4) is 0 Å². The van der Waals surface area contributed by atoms with Gasteiger partial charge in [-0.2, -0.15) is 8.42 Å². The van der Waals surface area contributed by atoms with E-state index >= 15 is 0 Å². The molecule has 13 heavy (non-hydrogen) atoms. The van der Waals surface area contributed by atoms with Crippen LogP contribution < -0.4 is 5.14 Å². The van der Waals surface area contributed by atoms with Crippen LogP contribution in [0.15, 0.2) is 12.4 Å². The zero-order valence-electron chi connectivity index (χ0n) is 6.97. The Labute approximate surface area is 76.0 Å². The van der Waals surface area contributed by atoms with Crippen LogP contribution in [-0.4, -0.2) is 18.4 Å². The molecule has 1 heterocycles. The van der Waals surface area contributed by atoms with Crippen LogP contribution in [0.25, 0.3) is 0 Å². The maximum atomic E-state index is 10.4. The maximum Gasteiger partial charge on any atom is 0.333 e. The van der Waals surface area contributed by atoms with Crippen molar-refractivity contribution < 1.29 is 12.6 Å². The van der Waals surface area contributed by atoms with E-state index in [-0.39, 0.29) is 6.61 Å². The van der Waals surface area contributed by atoms with E-state index in [1.165, 1.54) is 12.4 Å². The average molecular weight is 203 g/mol. The van der Waals surface area contributed by atoms with E-state index in [1.54, 1.807) is 6.92 Å². The second-order valence-corrected chi connectivity index (χ2v) is 3.63. The highest BCUT2D eigenvalue weighted by molar-refractivity contribution is 7.84. The van der Waals surface area contributed by atoms with Gasteiger partial charge in [0.1, 0.15) is 6.61 Å². The summed E-state index contributed by atoms with van der Waals surface area (Å²) >= 11 is 0. The molecule has 0 saturated heterocycles. The summed E-state index contributed by atoms with van der Waals surface area (Å²) in [5.74, 6) is 0. The zero-order valence-corrected chi connectivity index (χ0v) is 7.78. The van der Waals surface area contributed by atoms with Gasteiger partial charge in [0.2, 0.25) is 0 Å². The minimum atomic E-state index is -3.90. The Kier molecular flexibility index (Phi) is 2.91. The number of rotatable bonds is 3. The second-order valence-electron chi connectivity index (χ2n) is 2.40. The molecule has 0 saturated carbocycles. The fraction of sp³-hybridized carbons (Fsp3) is 0.333. The molecule has 6 nitrogen and oxygen atoms in total. The molecule has 2 N–H and O–H groups in total. The largest absolute Gasteiger partial charge is 0.333 e. The highest BCUT2D eigenvalue weighted by atomic mass is 32.2. The Balaban J connectivity index is 2.61. The fourth-order valence-electron chi connectivity index (χ4n) is 0.636. The van der Waals surface area contributed by atoms with Crippen LogP contribution in [0.4, 0.5) is 0 Å². The molecule has 1 aromatic rings. The third-order valence-corrected chi connectivity index (χ3v) is 1.65. The number of aryl methyl sites for hydroxylation is 1. The minimum absolute atomic E-state index is 0.188. The van der Waals surface area contributed by atoms with E-state index in [2.05, 4.69) is 19.3 Å². The van der Waals surface area contributed by atoms with E-state index in [0.717, 1.165) is 5.69 Å².